The van der Waals surface area contributed by atoms with E-state index in [1.165, 1.54) is 16.4 Å². The van der Waals surface area contributed by atoms with E-state index in [1.807, 2.05) is 32.0 Å². The number of anilines is 1. The van der Waals surface area contributed by atoms with Gasteiger partial charge in [0, 0.05) is 36.8 Å². The lowest BCUT2D eigenvalue weighted by Crippen LogP contribution is -2.41. The van der Waals surface area contributed by atoms with Gasteiger partial charge in [-0.2, -0.15) is 4.31 Å². The second kappa shape index (κ2) is 9.79. The number of nitro benzene ring substituents is 1. The third kappa shape index (κ3) is 4.83. The van der Waals surface area contributed by atoms with E-state index in [-0.39, 0.29) is 35.5 Å². The molecule has 1 fully saturated rings. The number of sulfonamides is 1. The van der Waals surface area contributed by atoms with E-state index in [2.05, 4.69) is 5.32 Å². The number of benzene rings is 2. The molecule has 0 saturated carbocycles. The quantitative estimate of drug-likeness (QED) is 0.496. The fraction of sp³-hybridized carbons (Fsp3) is 0.435. The zero-order valence-corrected chi connectivity index (χ0v) is 19.4. The number of amides is 1. The lowest BCUT2D eigenvalue weighted by Gasteiger charge is -2.31. The van der Waals surface area contributed by atoms with E-state index in [0.717, 1.165) is 35.7 Å². The van der Waals surface area contributed by atoms with Crippen LogP contribution in [0.5, 0.6) is 0 Å². The van der Waals surface area contributed by atoms with Crippen LogP contribution in [0, 0.1) is 23.0 Å². The molecule has 0 aliphatic carbocycles. The minimum Gasteiger partial charge on any atom is -0.325 e. The molecule has 1 N–H and O–H groups in total. The summed E-state index contributed by atoms with van der Waals surface area (Å²) < 4.78 is 27.6. The average Bonchev–Trinajstić information content (AvgIpc) is 2.79. The Morgan fingerprint density at radius 3 is 2.25 bits per heavy atom. The smallest absolute Gasteiger partial charge is 0.270 e. The number of nitro groups is 1. The molecule has 8 nitrogen and oxygen atoms in total. The number of nitrogens with zero attached hydrogens (tertiary/aromatic N) is 2. The number of nitrogens with one attached hydrogen (secondary N) is 1. The predicted octanol–water partition coefficient (Wildman–Crippen LogP) is 4.07. The summed E-state index contributed by atoms with van der Waals surface area (Å²) in [5.74, 6) is -0.383. The lowest BCUT2D eigenvalue weighted by molar-refractivity contribution is -0.385. The van der Waals surface area contributed by atoms with Gasteiger partial charge in [-0.05, 0) is 49.3 Å². The summed E-state index contributed by atoms with van der Waals surface area (Å²) >= 11 is 0. The normalized spacial score (nSPS) is 15.5. The molecule has 0 bridgehead atoms. The van der Waals surface area contributed by atoms with Crippen molar-refractivity contribution in [2.45, 2.75) is 51.3 Å². The molecule has 0 spiro atoms. The van der Waals surface area contributed by atoms with Crippen molar-refractivity contribution in [3.05, 3.63) is 63.2 Å². The zero-order valence-electron chi connectivity index (χ0n) is 18.6. The third-order valence-electron chi connectivity index (χ3n) is 6.07. The van der Waals surface area contributed by atoms with Gasteiger partial charge in [-0.1, -0.05) is 38.1 Å². The van der Waals surface area contributed by atoms with Crippen LogP contribution in [0.1, 0.15) is 43.4 Å². The summed E-state index contributed by atoms with van der Waals surface area (Å²) in [6.07, 6.45) is 2.41. The van der Waals surface area contributed by atoms with Gasteiger partial charge in [-0.25, -0.2) is 8.42 Å². The number of carbonyl (C=O) groups excluding carboxylic acids is 1. The van der Waals surface area contributed by atoms with Crippen molar-refractivity contribution < 1.29 is 18.1 Å². The highest BCUT2D eigenvalue weighted by Gasteiger charge is 2.34. The number of piperidine rings is 1. The lowest BCUT2D eigenvalue weighted by atomic mass is 9.96. The van der Waals surface area contributed by atoms with E-state index in [0.29, 0.717) is 18.4 Å². The zero-order chi connectivity index (χ0) is 23.5. The molecule has 1 saturated heterocycles. The van der Waals surface area contributed by atoms with Crippen LogP contribution in [0.25, 0.3) is 0 Å². The summed E-state index contributed by atoms with van der Waals surface area (Å²) in [4.78, 5) is 23.4. The summed E-state index contributed by atoms with van der Waals surface area (Å²) in [5, 5.41) is 14.2. The number of carbonyl (C=O) groups is 1. The van der Waals surface area contributed by atoms with Crippen molar-refractivity contribution in [3.63, 3.8) is 0 Å². The van der Waals surface area contributed by atoms with Crippen LogP contribution in [0.2, 0.25) is 0 Å². The molecule has 1 amide bonds. The Bertz CT molecular complexity index is 1100. The molecular formula is C23H29N3O5S. The standard InChI is InChI=1S/C23H29N3O5S/c1-4-17-7-6-8-18(5-2)22(17)24-23(27)19-11-13-25(14-12-19)32(30,31)21-15-20(26(28)29)10-9-16(21)3/h6-10,15,19H,4-5,11-14H2,1-3H3,(H,24,27). The molecule has 0 radical (unpaired) electrons. The molecule has 0 aromatic heterocycles. The second-order valence-corrected chi connectivity index (χ2v) is 9.94. The first-order chi connectivity index (χ1) is 15.2. The van der Waals surface area contributed by atoms with Crippen LogP contribution < -0.4 is 5.32 Å². The molecular weight excluding hydrogens is 430 g/mol. The van der Waals surface area contributed by atoms with Gasteiger partial charge in [0.1, 0.15) is 0 Å². The fourth-order valence-electron chi connectivity index (χ4n) is 4.11. The summed E-state index contributed by atoms with van der Waals surface area (Å²) in [6, 6.07) is 9.85. The number of non-ortho nitro benzene ring substituents is 1. The highest BCUT2D eigenvalue weighted by molar-refractivity contribution is 7.89. The van der Waals surface area contributed by atoms with Crippen LogP contribution in [0.4, 0.5) is 11.4 Å². The number of aryl methyl sites for hydroxylation is 3. The molecule has 1 aliphatic heterocycles. The van der Waals surface area contributed by atoms with Gasteiger partial charge in [-0.15, -0.1) is 0 Å². The molecule has 2 aromatic rings. The van der Waals surface area contributed by atoms with E-state index in [1.54, 1.807) is 6.92 Å². The molecule has 0 atom stereocenters. The number of hydrogen-bond acceptors (Lipinski definition) is 5. The Hall–Kier alpha value is -2.78. The summed E-state index contributed by atoms with van der Waals surface area (Å²) in [6.45, 7) is 6.10. The van der Waals surface area contributed by atoms with Gasteiger partial charge in [0.2, 0.25) is 15.9 Å². The second-order valence-electron chi connectivity index (χ2n) is 8.03. The van der Waals surface area contributed by atoms with Crippen molar-refractivity contribution in [2.24, 2.45) is 5.92 Å². The molecule has 1 aliphatic rings. The largest absolute Gasteiger partial charge is 0.325 e. The molecule has 0 unspecified atom stereocenters. The Morgan fingerprint density at radius 2 is 1.72 bits per heavy atom. The van der Waals surface area contributed by atoms with Crippen molar-refractivity contribution in [1.29, 1.82) is 0 Å². The SMILES string of the molecule is CCc1cccc(CC)c1NC(=O)C1CCN(S(=O)(=O)c2cc([N+](=O)[O-])ccc2C)CC1. The van der Waals surface area contributed by atoms with Crippen molar-refractivity contribution in [3.8, 4) is 0 Å². The number of hydrogen-bond donors (Lipinski definition) is 1. The van der Waals surface area contributed by atoms with E-state index in [4.69, 9.17) is 0 Å². The molecule has 9 heteroatoms. The van der Waals surface area contributed by atoms with Crippen LogP contribution in [0.15, 0.2) is 41.3 Å². The molecule has 32 heavy (non-hydrogen) atoms. The monoisotopic (exact) mass is 459 g/mol. The number of rotatable bonds is 7. The van der Waals surface area contributed by atoms with Gasteiger partial charge in [-0.3, -0.25) is 14.9 Å². The van der Waals surface area contributed by atoms with Crippen LogP contribution >= 0.6 is 0 Å². The maximum Gasteiger partial charge on any atom is 0.270 e. The molecule has 3 rings (SSSR count). The van der Waals surface area contributed by atoms with Crippen molar-refractivity contribution in [2.75, 3.05) is 18.4 Å². The van der Waals surface area contributed by atoms with Crippen LogP contribution in [-0.4, -0.2) is 36.6 Å². The maximum atomic E-state index is 13.1. The fourth-order valence-corrected chi connectivity index (χ4v) is 5.82. The average molecular weight is 460 g/mol. The van der Waals surface area contributed by atoms with Gasteiger partial charge < -0.3 is 5.32 Å². The van der Waals surface area contributed by atoms with Gasteiger partial charge >= 0.3 is 0 Å². The van der Waals surface area contributed by atoms with Gasteiger partial charge in [0.05, 0.1) is 9.82 Å². The summed E-state index contributed by atoms with van der Waals surface area (Å²) in [7, 11) is -3.88. The van der Waals surface area contributed by atoms with Crippen molar-refractivity contribution in [1.82, 2.24) is 4.31 Å². The van der Waals surface area contributed by atoms with Crippen molar-refractivity contribution >= 4 is 27.3 Å². The highest BCUT2D eigenvalue weighted by atomic mass is 32.2. The van der Waals surface area contributed by atoms with Gasteiger partial charge in [0.15, 0.2) is 0 Å². The first kappa shape index (κ1) is 23.9. The first-order valence-electron chi connectivity index (χ1n) is 10.9. The number of para-hydroxylation sites is 1. The highest BCUT2D eigenvalue weighted by Crippen LogP contribution is 2.30. The maximum absolute atomic E-state index is 13.1. The molecule has 172 valence electrons. The van der Waals surface area contributed by atoms with Gasteiger partial charge in [0.25, 0.3) is 5.69 Å². The molecule has 2 aromatic carbocycles. The summed E-state index contributed by atoms with van der Waals surface area (Å²) in [5.41, 5.74) is 3.23. The Morgan fingerprint density at radius 1 is 1.12 bits per heavy atom. The minimum absolute atomic E-state index is 0.0564. The predicted molar refractivity (Wildman–Crippen MR) is 123 cm³/mol. The van der Waals surface area contributed by atoms with Crippen LogP contribution in [0.3, 0.4) is 0 Å². The topological polar surface area (TPSA) is 110 Å². The van der Waals surface area contributed by atoms with E-state index >= 15 is 0 Å². The van der Waals surface area contributed by atoms with Crippen LogP contribution in [-0.2, 0) is 27.7 Å². The Labute approximate surface area is 188 Å². The minimum atomic E-state index is -3.88. The Kier molecular flexibility index (Phi) is 7.30. The third-order valence-corrected chi connectivity index (χ3v) is 8.11. The first-order valence-corrected chi connectivity index (χ1v) is 12.3. The van der Waals surface area contributed by atoms with E-state index < -0.39 is 14.9 Å². The van der Waals surface area contributed by atoms with E-state index in [9.17, 15) is 23.3 Å². The molecule has 1 heterocycles. The Balaban J connectivity index is 1.72.